The molecule has 0 saturated heterocycles. The minimum atomic E-state index is 0.198. The molecular formula is C14H17N3. The second kappa shape index (κ2) is 5.76. The molecule has 0 amide bonds. The van der Waals surface area contributed by atoms with Crippen LogP contribution in [0.5, 0.6) is 0 Å². The van der Waals surface area contributed by atoms with Crippen LogP contribution in [0.4, 0.5) is 0 Å². The number of allylic oxidation sites excluding steroid dienone is 2. The molecule has 0 saturated carbocycles. The predicted molar refractivity (Wildman–Crippen MR) is 71.7 cm³/mol. The monoisotopic (exact) mass is 227 g/mol. The highest BCUT2D eigenvalue weighted by atomic mass is 14.9. The topological polar surface area (TPSA) is 61.8 Å². The van der Waals surface area contributed by atoms with Crippen molar-refractivity contribution >= 4 is 11.8 Å². The SMILES string of the molecule is C/C=C\c1c(C)cccc1/C(NC)=C(/N)C#N. The van der Waals surface area contributed by atoms with Gasteiger partial charge in [-0.05, 0) is 25.0 Å². The van der Waals surface area contributed by atoms with Gasteiger partial charge in [-0.3, -0.25) is 0 Å². The van der Waals surface area contributed by atoms with Crippen LogP contribution in [0.3, 0.4) is 0 Å². The molecule has 1 aromatic carbocycles. The first-order chi connectivity index (χ1) is 8.15. The largest absolute Gasteiger partial charge is 0.388 e. The fourth-order valence-electron chi connectivity index (χ4n) is 1.76. The zero-order valence-corrected chi connectivity index (χ0v) is 10.4. The summed E-state index contributed by atoms with van der Waals surface area (Å²) < 4.78 is 0. The molecule has 0 spiro atoms. The lowest BCUT2D eigenvalue weighted by Crippen LogP contribution is -2.13. The molecule has 0 aliphatic carbocycles. The van der Waals surface area contributed by atoms with E-state index in [-0.39, 0.29) is 5.70 Å². The number of rotatable bonds is 3. The molecule has 3 N–H and O–H groups in total. The first kappa shape index (κ1) is 12.9. The highest BCUT2D eigenvalue weighted by Gasteiger charge is 2.10. The molecule has 1 rings (SSSR count). The first-order valence-electron chi connectivity index (χ1n) is 5.46. The van der Waals surface area contributed by atoms with Gasteiger partial charge in [0.05, 0.1) is 5.70 Å². The molecule has 0 bridgehead atoms. The maximum absolute atomic E-state index is 8.90. The van der Waals surface area contributed by atoms with Crippen LogP contribution < -0.4 is 11.1 Å². The Balaban J connectivity index is 3.51. The molecule has 17 heavy (non-hydrogen) atoms. The van der Waals surface area contributed by atoms with E-state index in [2.05, 4.69) is 5.32 Å². The summed E-state index contributed by atoms with van der Waals surface area (Å²) in [6, 6.07) is 7.93. The van der Waals surface area contributed by atoms with Crippen LogP contribution in [0.25, 0.3) is 11.8 Å². The van der Waals surface area contributed by atoms with Gasteiger partial charge < -0.3 is 11.1 Å². The highest BCUT2D eigenvalue weighted by Crippen LogP contribution is 2.23. The molecule has 0 heterocycles. The van der Waals surface area contributed by atoms with Crippen molar-refractivity contribution < 1.29 is 0 Å². The van der Waals surface area contributed by atoms with Crippen LogP contribution in [-0.2, 0) is 0 Å². The fraction of sp³-hybridized carbons (Fsp3) is 0.214. The molecule has 3 heteroatoms. The summed E-state index contributed by atoms with van der Waals surface area (Å²) in [6.45, 7) is 4.00. The van der Waals surface area contributed by atoms with Crippen molar-refractivity contribution in [1.82, 2.24) is 5.32 Å². The predicted octanol–water partition coefficient (Wildman–Crippen LogP) is 2.40. The first-order valence-corrected chi connectivity index (χ1v) is 5.46. The zero-order valence-electron chi connectivity index (χ0n) is 10.4. The minimum absolute atomic E-state index is 0.198. The molecule has 0 aromatic heterocycles. The summed E-state index contributed by atoms with van der Waals surface area (Å²) in [5.41, 5.74) is 9.76. The van der Waals surface area contributed by atoms with Gasteiger partial charge in [-0.2, -0.15) is 5.26 Å². The van der Waals surface area contributed by atoms with Crippen molar-refractivity contribution in [2.24, 2.45) is 5.73 Å². The zero-order chi connectivity index (χ0) is 12.8. The normalized spacial score (nSPS) is 12.1. The average molecular weight is 227 g/mol. The van der Waals surface area contributed by atoms with Gasteiger partial charge in [-0.25, -0.2) is 0 Å². The second-order valence-corrected chi connectivity index (χ2v) is 3.69. The molecular weight excluding hydrogens is 210 g/mol. The van der Waals surface area contributed by atoms with E-state index in [1.165, 1.54) is 0 Å². The number of nitrogens with one attached hydrogen (secondary N) is 1. The Hall–Kier alpha value is -2.21. The van der Waals surface area contributed by atoms with Crippen LogP contribution in [0.15, 0.2) is 30.0 Å². The highest BCUT2D eigenvalue weighted by molar-refractivity contribution is 5.77. The van der Waals surface area contributed by atoms with E-state index in [9.17, 15) is 0 Å². The van der Waals surface area contributed by atoms with Gasteiger partial charge in [-0.1, -0.05) is 30.4 Å². The average Bonchev–Trinajstić information content (AvgIpc) is 2.34. The van der Waals surface area contributed by atoms with Gasteiger partial charge in [0.25, 0.3) is 0 Å². The summed E-state index contributed by atoms with van der Waals surface area (Å²) in [4.78, 5) is 0. The van der Waals surface area contributed by atoms with Crippen molar-refractivity contribution in [3.05, 3.63) is 46.7 Å². The lowest BCUT2D eigenvalue weighted by molar-refractivity contribution is 1.10. The number of nitrogens with zero attached hydrogens (tertiary/aromatic N) is 1. The third kappa shape index (κ3) is 2.67. The van der Waals surface area contributed by atoms with Crippen LogP contribution in [0.1, 0.15) is 23.6 Å². The van der Waals surface area contributed by atoms with Crippen molar-refractivity contribution in [2.45, 2.75) is 13.8 Å². The molecule has 0 fully saturated rings. The Morgan fingerprint density at radius 2 is 2.18 bits per heavy atom. The standard InChI is InChI=1S/C14H17N3/c1-4-6-11-10(2)7-5-8-12(11)14(17-3)13(16)9-15/h4-8,17H,16H2,1-3H3/b6-4-,14-13-. The van der Waals surface area contributed by atoms with E-state index in [4.69, 9.17) is 11.0 Å². The smallest absolute Gasteiger partial charge is 0.135 e. The third-order valence-corrected chi connectivity index (χ3v) is 2.57. The maximum Gasteiger partial charge on any atom is 0.135 e. The summed E-state index contributed by atoms with van der Waals surface area (Å²) in [6.07, 6.45) is 3.99. The molecule has 0 unspecified atom stereocenters. The number of hydrogen-bond acceptors (Lipinski definition) is 3. The Morgan fingerprint density at radius 3 is 2.71 bits per heavy atom. The molecule has 0 atom stereocenters. The van der Waals surface area contributed by atoms with E-state index >= 15 is 0 Å². The van der Waals surface area contributed by atoms with E-state index in [1.54, 1.807) is 7.05 Å². The van der Waals surface area contributed by atoms with Gasteiger partial charge in [0.15, 0.2) is 0 Å². The number of hydrogen-bond donors (Lipinski definition) is 2. The Bertz CT molecular complexity index is 505. The van der Waals surface area contributed by atoms with Gasteiger partial charge in [0, 0.05) is 12.6 Å². The van der Waals surface area contributed by atoms with E-state index < -0.39 is 0 Å². The molecule has 0 aliphatic rings. The number of nitrogens with two attached hydrogens (primary N) is 1. The van der Waals surface area contributed by atoms with Crippen LogP contribution in [0, 0.1) is 18.3 Å². The van der Waals surface area contributed by atoms with Crippen LogP contribution in [-0.4, -0.2) is 7.05 Å². The summed E-state index contributed by atoms with van der Waals surface area (Å²) in [5.74, 6) is 0. The Kier molecular flexibility index (Phi) is 4.36. The van der Waals surface area contributed by atoms with Gasteiger partial charge in [0.2, 0.25) is 0 Å². The van der Waals surface area contributed by atoms with Gasteiger partial charge >= 0.3 is 0 Å². The van der Waals surface area contributed by atoms with Crippen molar-refractivity contribution in [1.29, 1.82) is 5.26 Å². The van der Waals surface area contributed by atoms with Crippen molar-refractivity contribution in [2.75, 3.05) is 7.05 Å². The lowest BCUT2D eigenvalue weighted by Gasteiger charge is -2.13. The maximum atomic E-state index is 8.90. The molecule has 0 radical (unpaired) electrons. The molecule has 3 nitrogen and oxygen atoms in total. The lowest BCUT2D eigenvalue weighted by atomic mass is 9.98. The van der Waals surface area contributed by atoms with Crippen molar-refractivity contribution in [3.8, 4) is 6.07 Å². The summed E-state index contributed by atoms with van der Waals surface area (Å²) in [5, 5.41) is 11.9. The van der Waals surface area contributed by atoms with E-state index in [1.807, 2.05) is 50.3 Å². The minimum Gasteiger partial charge on any atom is -0.388 e. The van der Waals surface area contributed by atoms with Crippen LogP contribution >= 0.6 is 0 Å². The van der Waals surface area contributed by atoms with Crippen molar-refractivity contribution in [3.63, 3.8) is 0 Å². The van der Waals surface area contributed by atoms with E-state index in [0.29, 0.717) is 5.70 Å². The number of aryl methyl sites for hydroxylation is 1. The van der Waals surface area contributed by atoms with Gasteiger partial charge in [0.1, 0.15) is 11.8 Å². The second-order valence-electron chi connectivity index (χ2n) is 3.69. The quantitative estimate of drug-likeness (QED) is 0.779. The Morgan fingerprint density at radius 1 is 1.47 bits per heavy atom. The van der Waals surface area contributed by atoms with Gasteiger partial charge in [-0.15, -0.1) is 0 Å². The molecule has 0 aliphatic heterocycles. The summed E-state index contributed by atoms with van der Waals surface area (Å²) >= 11 is 0. The van der Waals surface area contributed by atoms with Crippen LogP contribution in [0.2, 0.25) is 0 Å². The Labute approximate surface area is 102 Å². The molecule has 1 aromatic rings. The molecule has 88 valence electrons. The van der Waals surface area contributed by atoms with E-state index in [0.717, 1.165) is 16.7 Å². The number of nitriles is 1. The number of benzene rings is 1. The fourth-order valence-corrected chi connectivity index (χ4v) is 1.76. The summed E-state index contributed by atoms with van der Waals surface area (Å²) in [7, 11) is 1.77. The third-order valence-electron chi connectivity index (χ3n) is 2.57.